The van der Waals surface area contributed by atoms with Crippen LogP contribution in [-0.2, 0) is 4.74 Å². The van der Waals surface area contributed by atoms with Crippen molar-refractivity contribution < 1.29 is 4.74 Å². The van der Waals surface area contributed by atoms with Gasteiger partial charge in [-0.3, -0.25) is 11.3 Å². The summed E-state index contributed by atoms with van der Waals surface area (Å²) < 4.78 is 6.14. The third-order valence-corrected chi connectivity index (χ3v) is 4.31. The number of nitrogens with two attached hydrogens (primary N) is 1. The van der Waals surface area contributed by atoms with Crippen molar-refractivity contribution in [3.8, 4) is 0 Å². The molecule has 0 saturated heterocycles. The predicted octanol–water partition coefficient (Wildman–Crippen LogP) is 3.53. The third-order valence-electron chi connectivity index (χ3n) is 4.31. The Morgan fingerprint density at radius 2 is 1.83 bits per heavy atom. The molecular formula is C15H32N2O. The van der Waals surface area contributed by atoms with Crippen molar-refractivity contribution in [2.24, 2.45) is 5.84 Å². The number of nitrogens with one attached hydrogen (secondary N) is 1. The van der Waals surface area contributed by atoms with E-state index in [4.69, 9.17) is 10.6 Å². The first-order chi connectivity index (χ1) is 8.79. The van der Waals surface area contributed by atoms with Crippen molar-refractivity contribution in [1.82, 2.24) is 5.43 Å². The van der Waals surface area contributed by atoms with E-state index in [9.17, 15) is 0 Å². The van der Waals surface area contributed by atoms with Crippen LogP contribution in [0.5, 0.6) is 0 Å². The molecule has 1 aliphatic carbocycles. The summed E-state index contributed by atoms with van der Waals surface area (Å²) in [5.74, 6) is 5.80. The smallest absolute Gasteiger partial charge is 0.0848 e. The van der Waals surface area contributed by atoms with Gasteiger partial charge in [-0.15, -0.1) is 0 Å². The molecule has 1 saturated carbocycles. The fraction of sp³-hybridized carbons (Fsp3) is 1.00. The number of hydrazine groups is 1. The maximum absolute atomic E-state index is 6.14. The number of unbranched alkanes of at least 4 members (excludes halogenated alkanes) is 3. The second-order valence-corrected chi connectivity index (χ2v) is 5.63. The lowest BCUT2D eigenvalue weighted by Gasteiger charge is -2.43. The molecule has 1 atom stereocenters. The average molecular weight is 256 g/mol. The first-order valence-corrected chi connectivity index (χ1v) is 7.89. The van der Waals surface area contributed by atoms with E-state index in [1.54, 1.807) is 0 Å². The van der Waals surface area contributed by atoms with Gasteiger partial charge < -0.3 is 4.74 Å². The molecule has 0 aromatic carbocycles. The summed E-state index contributed by atoms with van der Waals surface area (Å²) in [6, 6.07) is 0.328. The van der Waals surface area contributed by atoms with E-state index < -0.39 is 0 Å². The van der Waals surface area contributed by atoms with Gasteiger partial charge in [0.15, 0.2) is 0 Å². The van der Waals surface area contributed by atoms with Crippen LogP contribution in [0, 0.1) is 0 Å². The molecule has 3 N–H and O–H groups in total. The summed E-state index contributed by atoms with van der Waals surface area (Å²) >= 11 is 0. The highest BCUT2D eigenvalue weighted by Gasteiger charge is 2.39. The number of hydrogen-bond donors (Lipinski definition) is 2. The molecule has 3 heteroatoms. The second kappa shape index (κ2) is 8.89. The van der Waals surface area contributed by atoms with Crippen LogP contribution in [0.2, 0.25) is 0 Å². The van der Waals surface area contributed by atoms with E-state index in [0.29, 0.717) is 6.04 Å². The summed E-state index contributed by atoms with van der Waals surface area (Å²) in [6.07, 6.45) is 12.6. The average Bonchev–Trinajstić information content (AvgIpc) is 2.40. The van der Waals surface area contributed by atoms with Crippen LogP contribution >= 0.6 is 0 Å². The minimum Gasteiger partial charge on any atom is -0.374 e. The molecule has 0 aromatic rings. The van der Waals surface area contributed by atoms with E-state index in [0.717, 1.165) is 13.0 Å². The minimum absolute atomic E-state index is 0.00790. The zero-order valence-corrected chi connectivity index (χ0v) is 12.3. The number of ether oxygens (including phenoxy) is 1. The van der Waals surface area contributed by atoms with Gasteiger partial charge in [-0.1, -0.05) is 51.9 Å². The highest BCUT2D eigenvalue weighted by Crippen LogP contribution is 2.36. The van der Waals surface area contributed by atoms with Crippen LogP contribution in [0.1, 0.15) is 78.1 Å². The molecule has 0 heterocycles. The van der Waals surface area contributed by atoms with Gasteiger partial charge in [-0.25, -0.2) is 0 Å². The standard InChI is InChI=1S/C15H32N2O/c1-3-5-6-8-11-14(17-16)15(18-4-2)12-9-7-10-13-15/h14,17H,3-13,16H2,1-2H3. The maximum atomic E-state index is 6.14. The van der Waals surface area contributed by atoms with E-state index >= 15 is 0 Å². The Labute approximate surface area is 113 Å². The number of rotatable bonds is 9. The monoisotopic (exact) mass is 256 g/mol. The summed E-state index contributed by atoms with van der Waals surface area (Å²) in [5.41, 5.74) is 3.06. The van der Waals surface area contributed by atoms with Crippen LogP contribution in [0.3, 0.4) is 0 Å². The van der Waals surface area contributed by atoms with Crippen LogP contribution in [0.15, 0.2) is 0 Å². The number of hydrogen-bond acceptors (Lipinski definition) is 3. The highest BCUT2D eigenvalue weighted by molar-refractivity contribution is 4.94. The summed E-state index contributed by atoms with van der Waals surface area (Å²) in [7, 11) is 0. The molecule has 108 valence electrons. The highest BCUT2D eigenvalue weighted by atomic mass is 16.5. The van der Waals surface area contributed by atoms with Gasteiger partial charge in [0.25, 0.3) is 0 Å². The molecule has 18 heavy (non-hydrogen) atoms. The van der Waals surface area contributed by atoms with Crippen molar-refractivity contribution in [3.63, 3.8) is 0 Å². The van der Waals surface area contributed by atoms with Crippen molar-refractivity contribution >= 4 is 0 Å². The molecule has 0 amide bonds. The lowest BCUT2D eigenvalue weighted by Crippen LogP contribution is -2.55. The topological polar surface area (TPSA) is 47.3 Å². The lowest BCUT2D eigenvalue weighted by molar-refractivity contribution is -0.0919. The SMILES string of the molecule is CCCCCCC(NN)C1(OCC)CCCCC1. The van der Waals surface area contributed by atoms with Gasteiger partial charge in [0.1, 0.15) is 0 Å². The van der Waals surface area contributed by atoms with Crippen molar-refractivity contribution in [3.05, 3.63) is 0 Å². The van der Waals surface area contributed by atoms with Gasteiger partial charge in [0, 0.05) is 6.61 Å². The van der Waals surface area contributed by atoms with E-state index in [1.165, 1.54) is 57.8 Å². The minimum atomic E-state index is 0.00790. The van der Waals surface area contributed by atoms with Gasteiger partial charge in [-0.05, 0) is 26.2 Å². The largest absolute Gasteiger partial charge is 0.374 e. The Bertz CT molecular complexity index is 197. The molecular weight excluding hydrogens is 224 g/mol. The maximum Gasteiger partial charge on any atom is 0.0848 e. The third kappa shape index (κ3) is 4.52. The summed E-state index contributed by atoms with van der Waals surface area (Å²) in [6.45, 7) is 5.15. The molecule has 0 radical (unpaired) electrons. The molecule has 1 unspecified atom stereocenters. The van der Waals surface area contributed by atoms with Gasteiger partial charge in [0.05, 0.1) is 11.6 Å². The summed E-state index contributed by atoms with van der Waals surface area (Å²) in [5, 5.41) is 0. The fourth-order valence-corrected chi connectivity index (χ4v) is 3.30. The fourth-order valence-electron chi connectivity index (χ4n) is 3.30. The Morgan fingerprint density at radius 1 is 1.11 bits per heavy atom. The lowest BCUT2D eigenvalue weighted by atomic mass is 9.77. The molecule has 3 nitrogen and oxygen atoms in total. The van der Waals surface area contributed by atoms with Crippen LogP contribution in [-0.4, -0.2) is 18.2 Å². The summed E-state index contributed by atoms with van der Waals surface area (Å²) in [4.78, 5) is 0. The molecule has 1 fully saturated rings. The Morgan fingerprint density at radius 3 is 2.39 bits per heavy atom. The molecule has 0 bridgehead atoms. The Kier molecular flexibility index (Phi) is 7.87. The molecule has 0 aliphatic heterocycles. The molecule has 0 aromatic heterocycles. The normalized spacial score (nSPS) is 20.8. The Hall–Kier alpha value is -0.120. The zero-order chi connectivity index (χ0) is 13.3. The van der Waals surface area contributed by atoms with Crippen molar-refractivity contribution in [2.75, 3.05) is 6.61 Å². The van der Waals surface area contributed by atoms with Crippen LogP contribution in [0.4, 0.5) is 0 Å². The van der Waals surface area contributed by atoms with Gasteiger partial charge in [0.2, 0.25) is 0 Å². The first-order valence-electron chi connectivity index (χ1n) is 7.89. The second-order valence-electron chi connectivity index (χ2n) is 5.63. The molecule has 1 rings (SSSR count). The zero-order valence-electron chi connectivity index (χ0n) is 12.3. The van der Waals surface area contributed by atoms with Crippen molar-refractivity contribution in [2.45, 2.75) is 89.7 Å². The van der Waals surface area contributed by atoms with Gasteiger partial charge in [-0.2, -0.15) is 0 Å². The van der Waals surface area contributed by atoms with Crippen LogP contribution < -0.4 is 11.3 Å². The molecule has 1 aliphatic rings. The predicted molar refractivity (Wildman–Crippen MR) is 77.3 cm³/mol. The van der Waals surface area contributed by atoms with E-state index in [1.807, 2.05) is 0 Å². The quantitative estimate of drug-likeness (QED) is 0.377. The van der Waals surface area contributed by atoms with E-state index in [2.05, 4.69) is 19.3 Å². The first kappa shape index (κ1) is 15.9. The van der Waals surface area contributed by atoms with Gasteiger partial charge >= 0.3 is 0 Å². The van der Waals surface area contributed by atoms with Crippen molar-refractivity contribution in [1.29, 1.82) is 0 Å². The molecule has 0 spiro atoms. The van der Waals surface area contributed by atoms with Crippen LogP contribution in [0.25, 0.3) is 0 Å². The Balaban J connectivity index is 2.50. The van der Waals surface area contributed by atoms with E-state index in [-0.39, 0.29) is 5.60 Å².